The van der Waals surface area contributed by atoms with Crippen LogP contribution in [-0.2, 0) is 0 Å². The third kappa shape index (κ3) is 7.18. The Kier molecular flexibility index (Phi) is 10.4. The van der Waals surface area contributed by atoms with Gasteiger partial charge in [-0.25, -0.2) is 14.9 Å². The van der Waals surface area contributed by atoms with Crippen molar-refractivity contribution in [1.82, 2.24) is 15.8 Å². The zero-order chi connectivity index (χ0) is 35.2. The highest BCUT2D eigenvalue weighted by atomic mass is 19.1. The number of phenolic OH excluding ortho intramolecular Hbond substituents is 1. The first-order chi connectivity index (χ1) is 24.3. The van der Waals surface area contributed by atoms with Crippen molar-refractivity contribution in [3.63, 3.8) is 0 Å². The van der Waals surface area contributed by atoms with Gasteiger partial charge in [-0.3, -0.25) is 10.0 Å². The van der Waals surface area contributed by atoms with Gasteiger partial charge in [0.1, 0.15) is 29.3 Å². The molecule has 2 aliphatic heterocycles. The van der Waals surface area contributed by atoms with Crippen LogP contribution in [0.3, 0.4) is 0 Å². The average Bonchev–Trinajstić information content (AvgIpc) is 3.16. The lowest BCUT2D eigenvalue weighted by atomic mass is 9.91. The molecule has 2 fully saturated rings. The van der Waals surface area contributed by atoms with Crippen LogP contribution >= 0.6 is 0 Å². The third-order valence-electron chi connectivity index (χ3n) is 9.74. The predicted molar refractivity (Wildman–Crippen MR) is 187 cm³/mol. The van der Waals surface area contributed by atoms with E-state index in [1.165, 1.54) is 25.3 Å². The second kappa shape index (κ2) is 15.2. The number of hydrogen-bond acceptors (Lipinski definition) is 10. The molecule has 1 amide bonds. The van der Waals surface area contributed by atoms with Crippen molar-refractivity contribution in [1.29, 1.82) is 10.5 Å². The maximum absolute atomic E-state index is 14.9. The summed E-state index contributed by atoms with van der Waals surface area (Å²) in [6, 6.07) is 20.9. The van der Waals surface area contributed by atoms with Crippen LogP contribution in [0.2, 0.25) is 0 Å². The highest BCUT2D eigenvalue weighted by Gasteiger charge is 2.27. The zero-order valence-corrected chi connectivity index (χ0v) is 27.7. The molecular weight excluding hydrogens is 637 g/mol. The number of halogens is 1. The molecule has 50 heavy (non-hydrogen) atoms. The molecule has 12 heteroatoms. The number of rotatable bonds is 9. The Morgan fingerprint density at radius 1 is 0.960 bits per heavy atom. The molecular formula is C38H38FN7O4. The lowest BCUT2D eigenvalue weighted by Crippen LogP contribution is -2.45. The second-order valence-corrected chi connectivity index (χ2v) is 12.6. The van der Waals surface area contributed by atoms with E-state index >= 15 is 0 Å². The predicted octanol–water partition coefficient (Wildman–Crippen LogP) is 5.61. The van der Waals surface area contributed by atoms with Gasteiger partial charge in [-0.05, 0) is 97.8 Å². The lowest BCUT2D eigenvalue weighted by Gasteiger charge is -2.37. The Labute approximate surface area is 290 Å². The monoisotopic (exact) mass is 675 g/mol. The summed E-state index contributed by atoms with van der Waals surface area (Å²) in [5, 5.41) is 42.9. The number of piperidine rings is 2. The van der Waals surface area contributed by atoms with Crippen LogP contribution in [-0.4, -0.2) is 67.1 Å². The van der Waals surface area contributed by atoms with Crippen LogP contribution in [0.4, 0.5) is 15.9 Å². The molecule has 0 spiro atoms. The van der Waals surface area contributed by atoms with Crippen molar-refractivity contribution >= 4 is 17.4 Å². The first kappa shape index (κ1) is 34.2. The quantitative estimate of drug-likeness (QED) is 0.130. The van der Waals surface area contributed by atoms with Crippen LogP contribution in [0, 0.1) is 34.4 Å². The number of pyridine rings is 1. The third-order valence-corrected chi connectivity index (χ3v) is 9.74. The maximum Gasteiger partial charge on any atom is 0.274 e. The number of aromatic hydroxyl groups is 1. The largest absolute Gasteiger partial charge is 0.504 e. The number of hydrogen-bond donors (Lipinski definition) is 4. The highest BCUT2D eigenvalue weighted by Crippen LogP contribution is 2.41. The van der Waals surface area contributed by atoms with E-state index in [-0.39, 0.29) is 11.3 Å². The molecule has 0 radical (unpaired) electrons. The summed E-state index contributed by atoms with van der Waals surface area (Å²) < 4.78 is 20.1. The van der Waals surface area contributed by atoms with Gasteiger partial charge in [-0.1, -0.05) is 12.1 Å². The van der Waals surface area contributed by atoms with Crippen molar-refractivity contribution in [3.8, 4) is 45.9 Å². The molecule has 6 rings (SSSR count). The molecule has 0 aliphatic carbocycles. The normalized spacial score (nSPS) is 15.3. The molecule has 0 bridgehead atoms. The fourth-order valence-corrected chi connectivity index (χ4v) is 6.90. The van der Waals surface area contributed by atoms with E-state index in [1.807, 2.05) is 18.2 Å². The number of methoxy groups -OCH3 is 1. The van der Waals surface area contributed by atoms with Gasteiger partial charge in [0.15, 0.2) is 11.5 Å². The smallest absolute Gasteiger partial charge is 0.274 e. The standard InChI is InChI=1S/C38H38FN7O4/c1-50-35-9-6-26(19-34(35)47)32-23-43-37(31(21-41)36(32)27-2-3-28(20-40)33(39)18-27)46-16-12-29(13-17-46)42-22-24-10-14-45(15-11-24)30-7-4-25(5-8-30)38(48)44-49/h2-9,18-19,23-24,29,42,47,49H,10-17,22H2,1H3,(H,44,48). The van der Waals surface area contributed by atoms with Gasteiger partial charge in [0.05, 0.1) is 12.7 Å². The van der Waals surface area contributed by atoms with Crippen molar-refractivity contribution < 1.29 is 24.2 Å². The van der Waals surface area contributed by atoms with Gasteiger partial charge in [0.2, 0.25) is 0 Å². The number of carbonyl (C=O) groups excluding carboxylic acids is 1. The van der Waals surface area contributed by atoms with E-state index in [4.69, 9.17) is 14.9 Å². The molecule has 2 saturated heterocycles. The number of ether oxygens (including phenoxy) is 1. The highest BCUT2D eigenvalue weighted by molar-refractivity contribution is 5.93. The summed E-state index contributed by atoms with van der Waals surface area (Å²) in [7, 11) is 1.46. The van der Waals surface area contributed by atoms with Crippen LogP contribution in [0.1, 0.15) is 47.2 Å². The molecule has 3 aromatic carbocycles. The summed E-state index contributed by atoms with van der Waals surface area (Å²) in [5.74, 6) is 0.0803. The number of anilines is 2. The molecule has 4 aromatic rings. The van der Waals surface area contributed by atoms with Gasteiger partial charge in [0.25, 0.3) is 5.91 Å². The van der Waals surface area contributed by atoms with Crippen molar-refractivity contribution in [3.05, 3.63) is 89.4 Å². The van der Waals surface area contributed by atoms with Crippen molar-refractivity contribution in [2.24, 2.45) is 5.92 Å². The van der Waals surface area contributed by atoms with Gasteiger partial charge < -0.3 is 25.0 Å². The summed E-state index contributed by atoms with van der Waals surface area (Å²) >= 11 is 0. The summed E-state index contributed by atoms with van der Waals surface area (Å²) in [4.78, 5) is 20.8. The number of phenols is 1. The molecule has 11 nitrogen and oxygen atoms in total. The number of nitriles is 2. The molecule has 2 aliphatic rings. The number of nitrogens with zero attached hydrogens (tertiary/aromatic N) is 5. The van der Waals surface area contributed by atoms with Gasteiger partial charge in [-0.2, -0.15) is 10.5 Å². The number of nitrogens with one attached hydrogen (secondary N) is 2. The van der Waals surface area contributed by atoms with E-state index in [1.54, 1.807) is 42.0 Å². The lowest BCUT2D eigenvalue weighted by molar-refractivity contribution is 0.0706. The van der Waals surface area contributed by atoms with Gasteiger partial charge in [0, 0.05) is 60.8 Å². The van der Waals surface area contributed by atoms with E-state index in [0.29, 0.717) is 70.0 Å². The Morgan fingerprint density at radius 3 is 2.28 bits per heavy atom. The Hall–Kier alpha value is -5.69. The molecule has 3 heterocycles. The minimum Gasteiger partial charge on any atom is -0.504 e. The summed E-state index contributed by atoms with van der Waals surface area (Å²) in [6.07, 6.45) is 5.50. The van der Waals surface area contributed by atoms with Crippen LogP contribution in [0.25, 0.3) is 22.3 Å². The Morgan fingerprint density at radius 2 is 1.66 bits per heavy atom. The van der Waals surface area contributed by atoms with E-state index < -0.39 is 11.7 Å². The number of aromatic nitrogens is 1. The number of amides is 1. The van der Waals surface area contributed by atoms with Gasteiger partial charge in [-0.15, -0.1) is 0 Å². The summed E-state index contributed by atoms with van der Waals surface area (Å²) in [6.45, 7) is 4.15. The summed E-state index contributed by atoms with van der Waals surface area (Å²) in [5.41, 5.74) is 5.37. The molecule has 1 aromatic heterocycles. The van der Waals surface area contributed by atoms with Crippen molar-refractivity contribution in [2.45, 2.75) is 31.7 Å². The number of benzene rings is 3. The van der Waals surface area contributed by atoms with Crippen LogP contribution in [0.5, 0.6) is 11.5 Å². The first-order valence-corrected chi connectivity index (χ1v) is 16.6. The van der Waals surface area contributed by atoms with Crippen LogP contribution in [0.15, 0.2) is 66.9 Å². The fraction of sp³-hybridized carbons (Fsp3) is 0.316. The first-order valence-electron chi connectivity index (χ1n) is 16.6. The maximum atomic E-state index is 14.9. The average molecular weight is 676 g/mol. The van der Waals surface area contributed by atoms with E-state index in [9.17, 15) is 24.8 Å². The molecule has 4 N–H and O–H groups in total. The van der Waals surface area contributed by atoms with Crippen LogP contribution < -0.4 is 25.3 Å². The Bertz CT molecular complexity index is 1940. The number of hydroxylamine groups is 1. The van der Waals surface area contributed by atoms with Gasteiger partial charge >= 0.3 is 0 Å². The SMILES string of the molecule is COc1ccc(-c2cnc(N3CCC(NCC4CCN(c5ccc(C(=O)NO)cc5)CC4)CC3)c(C#N)c2-c2ccc(C#N)c(F)c2)cc1O. The zero-order valence-electron chi connectivity index (χ0n) is 27.7. The fourth-order valence-electron chi connectivity index (χ4n) is 6.90. The second-order valence-electron chi connectivity index (χ2n) is 12.6. The molecule has 0 saturated carbocycles. The number of carbonyl (C=O) groups is 1. The van der Waals surface area contributed by atoms with Crippen molar-refractivity contribution in [2.75, 3.05) is 49.6 Å². The minimum absolute atomic E-state index is 0.0778. The Balaban J connectivity index is 1.13. The molecule has 0 atom stereocenters. The van der Waals surface area contributed by atoms with E-state index in [2.05, 4.69) is 21.2 Å². The van der Waals surface area contributed by atoms with E-state index in [0.717, 1.165) is 51.0 Å². The molecule has 0 unspecified atom stereocenters. The topological polar surface area (TPSA) is 158 Å². The minimum atomic E-state index is -0.684. The molecule has 256 valence electrons.